The van der Waals surface area contributed by atoms with Crippen molar-refractivity contribution in [3.05, 3.63) is 42.4 Å². The topological polar surface area (TPSA) is 35.5 Å². The van der Waals surface area contributed by atoms with Crippen LogP contribution in [0.4, 0.5) is 4.39 Å². The van der Waals surface area contributed by atoms with Gasteiger partial charge in [-0.1, -0.05) is 0 Å². The summed E-state index contributed by atoms with van der Waals surface area (Å²) >= 11 is 0. The number of carbonyl (C=O) groups excluding carboxylic acids is 1. The number of hydrogen-bond acceptors (Lipinski definition) is 3. The number of rotatable bonds is 3. The average molecular weight is 196 g/mol. The maximum atomic E-state index is 12.1. The molecule has 0 atom stereocenters. The maximum absolute atomic E-state index is 12.1. The van der Waals surface area contributed by atoms with Crippen molar-refractivity contribution in [2.75, 3.05) is 7.11 Å². The molecule has 4 heteroatoms. The van der Waals surface area contributed by atoms with Crippen molar-refractivity contribution in [1.82, 2.24) is 0 Å². The Morgan fingerprint density at radius 3 is 2.36 bits per heavy atom. The molecule has 0 radical (unpaired) electrons. The van der Waals surface area contributed by atoms with E-state index in [0.29, 0.717) is 5.75 Å². The Labute approximate surface area is 80.8 Å². The van der Waals surface area contributed by atoms with E-state index in [4.69, 9.17) is 4.74 Å². The van der Waals surface area contributed by atoms with Crippen LogP contribution >= 0.6 is 0 Å². The number of esters is 1. The third-order valence-corrected chi connectivity index (χ3v) is 1.53. The third-order valence-electron chi connectivity index (χ3n) is 1.53. The van der Waals surface area contributed by atoms with Crippen LogP contribution in [0.2, 0.25) is 0 Å². The fraction of sp³-hybridized carbons (Fsp3) is 0.100. The van der Waals surface area contributed by atoms with Crippen LogP contribution in [0.25, 0.3) is 0 Å². The van der Waals surface area contributed by atoms with E-state index in [0.717, 1.165) is 0 Å². The van der Waals surface area contributed by atoms with Crippen molar-refractivity contribution in [1.29, 1.82) is 0 Å². The zero-order valence-electron chi connectivity index (χ0n) is 7.62. The molecule has 0 heterocycles. The Hall–Kier alpha value is -1.84. The van der Waals surface area contributed by atoms with Crippen molar-refractivity contribution in [2.24, 2.45) is 0 Å². The van der Waals surface area contributed by atoms with Crippen molar-refractivity contribution in [3.63, 3.8) is 0 Å². The van der Waals surface area contributed by atoms with Crippen molar-refractivity contribution in [2.45, 2.75) is 0 Å². The first-order valence-electron chi connectivity index (χ1n) is 3.84. The van der Waals surface area contributed by atoms with Gasteiger partial charge in [0.1, 0.15) is 5.75 Å². The van der Waals surface area contributed by atoms with Crippen LogP contribution in [-0.4, -0.2) is 13.1 Å². The molecular formula is C10H9FO3. The van der Waals surface area contributed by atoms with Gasteiger partial charge < -0.3 is 9.47 Å². The van der Waals surface area contributed by atoms with E-state index in [1.54, 1.807) is 12.1 Å². The molecule has 0 bridgehead atoms. The third kappa shape index (κ3) is 2.58. The van der Waals surface area contributed by atoms with Gasteiger partial charge in [0, 0.05) is 0 Å². The van der Waals surface area contributed by atoms with Gasteiger partial charge in [-0.3, -0.25) is 0 Å². The molecule has 0 aliphatic rings. The molecule has 0 unspecified atom stereocenters. The highest BCUT2D eigenvalue weighted by atomic mass is 19.1. The van der Waals surface area contributed by atoms with E-state index >= 15 is 0 Å². The van der Waals surface area contributed by atoms with E-state index in [-0.39, 0.29) is 5.56 Å². The number of hydrogen-bond donors (Lipinski definition) is 0. The van der Waals surface area contributed by atoms with Gasteiger partial charge >= 0.3 is 5.97 Å². The lowest BCUT2D eigenvalue weighted by Gasteiger charge is -2.02. The Morgan fingerprint density at radius 1 is 1.36 bits per heavy atom. The molecule has 0 saturated carbocycles. The average Bonchev–Trinajstić information content (AvgIpc) is 2.17. The van der Waals surface area contributed by atoms with E-state index < -0.39 is 12.0 Å². The standard InChI is InChI=1S/C10H9FO3/c1-7(11)14-10(12)8-3-5-9(13-2)6-4-8/h3-6H,1H2,2H3. The molecule has 0 aromatic heterocycles. The maximum Gasteiger partial charge on any atom is 0.345 e. The van der Waals surface area contributed by atoms with Crippen LogP contribution in [0.3, 0.4) is 0 Å². The predicted octanol–water partition coefficient (Wildman–Crippen LogP) is 2.29. The minimum atomic E-state index is -1.12. The normalized spacial score (nSPS) is 9.29. The highest BCUT2D eigenvalue weighted by molar-refractivity contribution is 5.90. The fourth-order valence-corrected chi connectivity index (χ4v) is 0.887. The largest absolute Gasteiger partial charge is 0.497 e. The molecule has 0 aliphatic heterocycles. The van der Waals surface area contributed by atoms with Gasteiger partial charge in [0.05, 0.1) is 12.7 Å². The van der Waals surface area contributed by atoms with Crippen molar-refractivity contribution >= 4 is 5.97 Å². The quantitative estimate of drug-likeness (QED) is 0.549. The molecule has 1 rings (SSSR count). The SMILES string of the molecule is C=C(F)OC(=O)c1ccc(OC)cc1. The molecule has 1 aromatic rings. The molecule has 0 spiro atoms. The molecule has 14 heavy (non-hydrogen) atoms. The highest BCUT2D eigenvalue weighted by Gasteiger charge is 2.08. The van der Waals surface area contributed by atoms with Crippen molar-refractivity contribution < 1.29 is 18.7 Å². The van der Waals surface area contributed by atoms with Crippen LogP contribution in [0.1, 0.15) is 10.4 Å². The molecule has 0 N–H and O–H groups in total. The lowest BCUT2D eigenvalue weighted by atomic mass is 10.2. The second-order valence-corrected chi connectivity index (χ2v) is 2.47. The minimum Gasteiger partial charge on any atom is -0.497 e. The Morgan fingerprint density at radius 2 is 1.93 bits per heavy atom. The smallest absolute Gasteiger partial charge is 0.345 e. The Bertz CT molecular complexity index is 343. The molecule has 0 aliphatic carbocycles. The van der Waals surface area contributed by atoms with Gasteiger partial charge in [-0.25, -0.2) is 4.79 Å². The summed E-state index contributed by atoms with van der Waals surface area (Å²) in [5.41, 5.74) is 0.240. The summed E-state index contributed by atoms with van der Waals surface area (Å²) in [6, 6.07) is 4.99. The summed E-state index contributed by atoms with van der Waals surface area (Å²) in [7, 11) is 1.51. The molecule has 74 valence electrons. The van der Waals surface area contributed by atoms with Crippen LogP contribution in [-0.2, 0) is 4.74 Å². The summed E-state index contributed by atoms with van der Waals surface area (Å²) in [6.45, 7) is 2.82. The van der Waals surface area contributed by atoms with Crippen LogP contribution in [0, 0.1) is 0 Å². The van der Waals surface area contributed by atoms with Gasteiger partial charge in [-0.05, 0) is 30.8 Å². The second kappa shape index (κ2) is 4.41. The number of benzene rings is 1. The van der Waals surface area contributed by atoms with Gasteiger partial charge in [-0.15, -0.1) is 0 Å². The van der Waals surface area contributed by atoms with Crippen LogP contribution < -0.4 is 4.74 Å². The molecule has 0 fully saturated rings. The summed E-state index contributed by atoms with van der Waals surface area (Å²) < 4.78 is 21.2. The Kier molecular flexibility index (Phi) is 3.23. The molecular weight excluding hydrogens is 187 g/mol. The summed E-state index contributed by atoms with van der Waals surface area (Å²) in [5.74, 6) is -0.166. The zero-order chi connectivity index (χ0) is 10.6. The number of ether oxygens (including phenoxy) is 2. The summed E-state index contributed by atoms with van der Waals surface area (Å²) in [5, 5.41) is 0. The minimum absolute atomic E-state index is 0.240. The first kappa shape index (κ1) is 10.2. The van der Waals surface area contributed by atoms with E-state index in [1.807, 2.05) is 0 Å². The lowest BCUT2D eigenvalue weighted by molar-refractivity contribution is 0.0546. The van der Waals surface area contributed by atoms with E-state index in [2.05, 4.69) is 11.3 Å². The van der Waals surface area contributed by atoms with Crippen LogP contribution in [0.5, 0.6) is 5.75 Å². The zero-order valence-corrected chi connectivity index (χ0v) is 7.62. The molecule has 3 nitrogen and oxygen atoms in total. The van der Waals surface area contributed by atoms with Gasteiger partial charge in [-0.2, -0.15) is 4.39 Å². The van der Waals surface area contributed by atoms with Gasteiger partial charge in [0.2, 0.25) is 0 Å². The molecule has 0 saturated heterocycles. The lowest BCUT2D eigenvalue weighted by Crippen LogP contribution is -2.02. The molecule has 1 aromatic carbocycles. The number of methoxy groups -OCH3 is 1. The fourth-order valence-electron chi connectivity index (χ4n) is 0.887. The first-order valence-corrected chi connectivity index (χ1v) is 3.84. The Balaban J connectivity index is 2.76. The van der Waals surface area contributed by atoms with Crippen LogP contribution in [0.15, 0.2) is 36.9 Å². The van der Waals surface area contributed by atoms with E-state index in [1.165, 1.54) is 19.2 Å². The second-order valence-electron chi connectivity index (χ2n) is 2.47. The van der Waals surface area contributed by atoms with E-state index in [9.17, 15) is 9.18 Å². The predicted molar refractivity (Wildman–Crippen MR) is 48.7 cm³/mol. The first-order chi connectivity index (χ1) is 6.63. The van der Waals surface area contributed by atoms with Crippen molar-refractivity contribution in [3.8, 4) is 5.75 Å². The molecule has 0 amide bonds. The number of carbonyl (C=O) groups is 1. The monoisotopic (exact) mass is 196 g/mol. The van der Waals surface area contributed by atoms with Gasteiger partial charge in [0.15, 0.2) is 0 Å². The van der Waals surface area contributed by atoms with Gasteiger partial charge in [0.25, 0.3) is 6.01 Å². The summed E-state index contributed by atoms with van der Waals surface area (Å²) in [4.78, 5) is 11.1. The summed E-state index contributed by atoms with van der Waals surface area (Å²) in [6.07, 6.45) is 0. The highest BCUT2D eigenvalue weighted by Crippen LogP contribution is 2.13. The number of halogens is 1.